The van der Waals surface area contributed by atoms with Gasteiger partial charge in [-0.2, -0.15) is 0 Å². The highest BCUT2D eigenvalue weighted by Crippen LogP contribution is 2.38. The van der Waals surface area contributed by atoms with Crippen molar-refractivity contribution in [3.63, 3.8) is 0 Å². The number of likely N-dealkylation sites (N-methyl/N-ethyl adjacent to an activating group) is 1. The summed E-state index contributed by atoms with van der Waals surface area (Å²) in [5.41, 5.74) is 0. The minimum Gasteiger partial charge on any atom is -0.756 e. The van der Waals surface area contributed by atoms with Gasteiger partial charge in [-0.1, -0.05) is 129 Å². The highest BCUT2D eigenvalue weighted by molar-refractivity contribution is 7.45. The van der Waals surface area contributed by atoms with Crippen LogP contribution in [0.4, 0.5) is 0 Å². The van der Waals surface area contributed by atoms with Crippen LogP contribution < -0.4 is 4.89 Å². The van der Waals surface area contributed by atoms with Gasteiger partial charge in [0.05, 0.1) is 34.4 Å². The lowest BCUT2D eigenvalue weighted by Crippen LogP contribution is -2.37. The van der Waals surface area contributed by atoms with Crippen LogP contribution in [-0.4, -0.2) is 71.3 Å². The first kappa shape index (κ1) is 40.0. The molecule has 242 valence electrons. The zero-order valence-corrected chi connectivity index (χ0v) is 28.2. The van der Waals surface area contributed by atoms with Gasteiger partial charge in [0.1, 0.15) is 19.3 Å². The first-order chi connectivity index (χ1) is 19.2. The van der Waals surface area contributed by atoms with Crippen LogP contribution in [0.25, 0.3) is 0 Å². The van der Waals surface area contributed by atoms with Crippen molar-refractivity contribution in [2.45, 2.75) is 148 Å². The molecule has 8 heteroatoms. The number of unbranched alkanes of at least 4 members (excludes halogenated alkanes) is 18. The SMILES string of the molecule is CCCCCCCCCCCCCCCCCCOC(COCCCCCC)COP(=O)([O-])OCC[N+](C)(C)C. The maximum Gasteiger partial charge on any atom is 0.268 e. The number of quaternary nitrogens is 1. The van der Waals surface area contributed by atoms with Gasteiger partial charge in [0.15, 0.2) is 0 Å². The summed E-state index contributed by atoms with van der Waals surface area (Å²) in [7, 11) is 1.60. The molecule has 0 spiro atoms. The molecule has 0 bridgehead atoms. The fraction of sp³-hybridized carbons (Fsp3) is 1.00. The van der Waals surface area contributed by atoms with Gasteiger partial charge < -0.3 is 27.9 Å². The van der Waals surface area contributed by atoms with Crippen molar-refractivity contribution in [3.05, 3.63) is 0 Å². The Morgan fingerprint density at radius 3 is 1.48 bits per heavy atom. The van der Waals surface area contributed by atoms with E-state index < -0.39 is 13.9 Å². The van der Waals surface area contributed by atoms with Crippen molar-refractivity contribution >= 4 is 7.82 Å². The van der Waals surface area contributed by atoms with Gasteiger partial charge in [-0.25, -0.2) is 0 Å². The molecule has 0 rings (SSSR count). The summed E-state index contributed by atoms with van der Waals surface area (Å²) < 4.78 is 34.7. The summed E-state index contributed by atoms with van der Waals surface area (Å²) >= 11 is 0. The zero-order valence-electron chi connectivity index (χ0n) is 27.3. The van der Waals surface area contributed by atoms with Crippen LogP contribution in [-0.2, 0) is 23.1 Å². The predicted molar refractivity (Wildman–Crippen MR) is 167 cm³/mol. The van der Waals surface area contributed by atoms with E-state index in [2.05, 4.69) is 13.8 Å². The quantitative estimate of drug-likeness (QED) is 0.0443. The second-order valence-electron chi connectivity index (χ2n) is 12.5. The molecule has 2 unspecified atom stereocenters. The monoisotopic (exact) mass is 593 g/mol. The van der Waals surface area contributed by atoms with Crippen molar-refractivity contribution in [3.8, 4) is 0 Å². The van der Waals surface area contributed by atoms with Gasteiger partial charge >= 0.3 is 0 Å². The lowest BCUT2D eigenvalue weighted by molar-refractivity contribution is -0.870. The number of hydrogen-bond donors (Lipinski definition) is 0. The smallest absolute Gasteiger partial charge is 0.268 e. The summed E-state index contributed by atoms with van der Waals surface area (Å²) in [6, 6.07) is 0. The Morgan fingerprint density at radius 1 is 0.575 bits per heavy atom. The van der Waals surface area contributed by atoms with E-state index in [1.807, 2.05) is 21.1 Å². The standard InChI is InChI=1S/C32H68NO6P/c1-6-8-10-12-13-14-15-16-17-18-19-20-21-22-23-25-28-37-32(30-36-27-24-11-9-7-2)31-39-40(34,35)38-29-26-33(3,4)5/h32H,6-31H2,1-5H3. The largest absolute Gasteiger partial charge is 0.756 e. The van der Waals surface area contributed by atoms with Crippen LogP contribution in [0.5, 0.6) is 0 Å². The van der Waals surface area contributed by atoms with E-state index in [4.69, 9.17) is 18.5 Å². The first-order valence-corrected chi connectivity index (χ1v) is 18.3. The summed E-state index contributed by atoms with van der Waals surface area (Å²) in [6.07, 6.45) is 25.5. The molecule has 7 nitrogen and oxygen atoms in total. The number of ether oxygens (including phenoxy) is 2. The number of hydrogen-bond acceptors (Lipinski definition) is 6. The molecule has 0 aliphatic heterocycles. The van der Waals surface area contributed by atoms with Crippen LogP contribution in [0.3, 0.4) is 0 Å². The molecule has 40 heavy (non-hydrogen) atoms. The normalized spacial score (nSPS) is 14.4. The maximum absolute atomic E-state index is 12.2. The summed E-state index contributed by atoms with van der Waals surface area (Å²) in [5, 5.41) is 0. The van der Waals surface area contributed by atoms with E-state index in [1.54, 1.807) is 0 Å². The molecule has 0 radical (unpaired) electrons. The number of nitrogens with zero attached hydrogens (tertiary/aromatic N) is 1. The van der Waals surface area contributed by atoms with Crippen LogP contribution in [0.15, 0.2) is 0 Å². The fourth-order valence-electron chi connectivity index (χ4n) is 4.53. The third kappa shape index (κ3) is 30.9. The van der Waals surface area contributed by atoms with Crippen LogP contribution >= 0.6 is 7.82 Å². The van der Waals surface area contributed by atoms with Gasteiger partial charge in [-0.15, -0.1) is 0 Å². The average Bonchev–Trinajstić information content (AvgIpc) is 2.89. The van der Waals surface area contributed by atoms with Crippen molar-refractivity contribution in [1.29, 1.82) is 0 Å². The average molecular weight is 594 g/mol. The lowest BCUT2D eigenvalue weighted by Gasteiger charge is -2.28. The minimum absolute atomic E-state index is 0.0705. The molecular weight excluding hydrogens is 525 g/mol. The van der Waals surface area contributed by atoms with Crippen molar-refractivity contribution in [2.75, 3.05) is 60.7 Å². The van der Waals surface area contributed by atoms with E-state index in [0.717, 1.165) is 25.7 Å². The molecular formula is C32H68NO6P. The Bertz CT molecular complexity index is 572. The molecule has 0 N–H and O–H groups in total. The molecule has 0 aliphatic carbocycles. The Labute approximate surface area is 249 Å². The van der Waals surface area contributed by atoms with Gasteiger partial charge in [0, 0.05) is 13.2 Å². The molecule has 0 fully saturated rings. The molecule has 0 saturated heterocycles. The number of phosphoric acid groups is 1. The van der Waals surface area contributed by atoms with Crippen LogP contribution in [0.1, 0.15) is 142 Å². The molecule has 0 saturated carbocycles. The second-order valence-corrected chi connectivity index (χ2v) is 13.9. The Kier molecular flexibility index (Phi) is 27.8. The summed E-state index contributed by atoms with van der Waals surface area (Å²) in [6.45, 7) is 6.66. The van der Waals surface area contributed by atoms with Gasteiger partial charge in [-0.05, 0) is 12.8 Å². The summed E-state index contributed by atoms with van der Waals surface area (Å²) in [4.78, 5) is 12.2. The molecule has 0 aliphatic rings. The molecule has 2 atom stereocenters. The van der Waals surface area contributed by atoms with E-state index in [1.165, 1.54) is 103 Å². The molecule has 0 amide bonds. The Balaban J connectivity index is 3.96. The third-order valence-corrected chi connectivity index (χ3v) is 8.19. The molecule has 0 heterocycles. The fourth-order valence-corrected chi connectivity index (χ4v) is 5.26. The highest BCUT2D eigenvalue weighted by Gasteiger charge is 2.17. The van der Waals surface area contributed by atoms with Crippen molar-refractivity contribution in [2.24, 2.45) is 0 Å². The zero-order chi connectivity index (χ0) is 29.8. The molecule has 0 aromatic heterocycles. The minimum atomic E-state index is -4.36. The maximum atomic E-state index is 12.2. The number of phosphoric ester groups is 1. The predicted octanol–water partition coefficient (Wildman–Crippen LogP) is 8.44. The topological polar surface area (TPSA) is 77.1 Å². The van der Waals surface area contributed by atoms with Gasteiger partial charge in [0.25, 0.3) is 7.82 Å². The van der Waals surface area contributed by atoms with E-state index in [-0.39, 0.29) is 13.2 Å². The molecule has 0 aromatic carbocycles. The van der Waals surface area contributed by atoms with Crippen molar-refractivity contribution in [1.82, 2.24) is 0 Å². The van der Waals surface area contributed by atoms with Gasteiger partial charge in [-0.3, -0.25) is 4.57 Å². The van der Waals surface area contributed by atoms with E-state index >= 15 is 0 Å². The Morgan fingerprint density at radius 2 is 1.00 bits per heavy atom. The lowest BCUT2D eigenvalue weighted by atomic mass is 10.0. The first-order valence-electron chi connectivity index (χ1n) is 16.8. The Hall–Kier alpha value is -0.0100. The van der Waals surface area contributed by atoms with Gasteiger partial charge in [0.2, 0.25) is 0 Å². The highest BCUT2D eigenvalue weighted by atomic mass is 31.2. The molecule has 0 aromatic rings. The van der Waals surface area contributed by atoms with Crippen LogP contribution in [0.2, 0.25) is 0 Å². The van der Waals surface area contributed by atoms with Crippen LogP contribution in [0, 0.1) is 0 Å². The third-order valence-electron chi connectivity index (χ3n) is 7.23. The summed E-state index contributed by atoms with van der Waals surface area (Å²) in [5.74, 6) is 0. The van der Waals surface area contributed by atoms with E-state index in [9.17, 15) is 9.46 Å². The second kappa shape index (κ2) is 27.8. The van der Waals surface area contributed by atoms with E-state index in [0.29, 0.717) is 30.8 Å². The number of rotatable bonds is 32. The van der Waals surface area contributed by atoms with Crippen molar-refractivity contribution < 1.29 is 32.5 Å².